The van der Waals surface area contributed by atoms with Crippen LogP contribution >= 0.6 is 11.8 Å². The summed E-state index contributed by atoms with van der Waals surface area (Å²) in [7, 11) is 0. The fourth-order valence-electron chi connectivity index (χ4n) is 2.90. The van der Waals surface area contributed by atoms with Gasteiger partial charge >= 0.3 is 5.97 Å². The summed E-state index contributed by atoms with van der Waals surface area (Å²) < 4.78 is 1.91. The molecule has 0 radical (unpaired) electrons. The molecule has 1 fully saturated rings. The second kappa shape index (κ2) is 4.91. The molecule has 3 heterocycles. The number of carboxylic acids is 1. The quantitative estimate of drug-likeness (QED) is 0.885. The van der Waals surface area contributed by atoms with Crippen LogP contribution in [0.1, 0.15) is 49.3 Å². The number of aliphatic carboxylic acids is 1. The first-order chi connectivity index (χ1) is 8.77. The van der Waals surface area contributed by atoms with Crippen LogP contribution in [0.15, 0.2) is 0 Å². The third-order valence-corrected chi connectivity index (χ3v) is 4.90. The molecule has 1 aromatic heterocycles. The van der Waals surface area contributed by atoms with E-state index in [0.29, 0.717) is 12.3 Å². The zero-order chi connectivity index (χ0) is 12.5. The average molecular weight is 267 g/mol. The highest BCUT2D eigenvalue weighted by atomic mass is 32.2. The van der Waals surface area contributed by atoms with Gasteiger partial charge in [-0.2, -0.15) is 11.8 Å². The molecule has 98 valence electrons. The molecule has 1 saturated heterocycles. The van der Waals surface area contributed by atoms with Gasteiger partial charge in [0.05, 0.1) is 0 Å². The molecule has 2 aliphatic heterocycles. The predicted molar refractivity (Wildman–Crippen MR) is 68.9 cm³/mol. The number of carbonyl (C=O) groups is 1. The molecule has 6 heteroatoms. The van der Waals surface area contributed by atoms with Crippen LogP contribution in [0.25, 0.3) is 0 Å². The molecule has 0 saturated carbocycles. The molecular weight excluding hydrogens is 250 g/mol. The van der Waals surface area contributed by atoms with Gasteiger partial charge in [0.1, 0.15) is 17.7 Å². The highest BCUT2D eigenvalue weighted by Gasteiger charge is 2.32. The fraction of sp³-hybridized carbons (Fsp3) is 0.750. The van der Waals surface area contributed by atoms with Gasteiger partial charge in [0.2, 0.25) is 0 Å². The molecule has 2 aliphatic rings. The van der Waals surface area contributed by atoms with Gasteiger partial charge in [0, 0.05) is 12.3 Å². The van der Waals surface area contributed by atoms with E-state index in [1.54, 1.807) is 0 Å². The number of hydrogen-bond acceptors (Lipinski definition) is 4. The van der Waals surface area contributed by atoms with Crippen LogP contribution in [0.4, 0.5) is 0 Å². The monoisotopic (exact) mass is 267 g/mol. The Morgan fingerprint density at radius 3 is 2.78 bits per heavy atom. The van der Waals surface area contributed by atoms with Crippen molar-refractivity contribution < 1.29 is 9.90 Å². The smallest absolute Gasteiger partial charge is 0.326 e. The number of fused-ring (bicyclic) bond motifs is 1. The zero-order valence-corrected chi connectivity index (χ0v) is 11.0. The van der Waals surface area contributed by atoms with E-state index in [0.717, 1.165) is 48.8 Å². The molecule has 0 bridgehead atoms. The minimum absolute atomic E-state index is 0.396. The third kappa shape index (κ3) is 2.02. The van der Waals surface area contributed by atoms with Crippen LogP contribution < -0.4 is 0 Å². The Morgan fingerprint density at radius 1 is 1.28 bits per heavy atom. The predicted octanol–water partition coefficient (Wildman–Crippen LogP) is 1.85. The van der Waals surface area contributed by atoms with Crippen LogP contribution in [0.2, 0.25) is 0 Å². The minimum atomic E-state index is -0.748. The lowest BCUT2D eigenvalue weighted by Gasteiger charge is -2.27. The van der Waals surface area contributed by atoms with Crippen molar-refractivity contribution in [3.8, 4) is 0 Å². The number of thioether (sulfide) groups is 1. The lowest BCUT2D eigenvalue weighted by atomic mass is 9.99. The van der Waals surface area contributed by atoms with Gasteiger partial charge in [-0.3, -0.25) is 0 Å². The maximum absolute atomic E-state index is 11.4. The van der Waals surface area contributed by atoms with E-state index in [1.165, 1.54) is 0 Å². The first kappa shape index (κ1) is 12.0. The van der Waals surface area contributed by atoms with Gasteiger partial charge in [-0.25, -0.2) is 4.79 Å². The molecule has 18 heavy (non-hydrogen) atoms. The number of aromatic nitrogens is 3. The fourth-order valence-corrected chi connectivity index (χ4v) is 4.00. The molecule has 3 rings (SSSR count). The van der Waals surface area contributed by atoms with Crippen molar-refractivity contribution in [2.75, 3.05) is 11.5 Å². The van der Waals surface area contributed by atoms with Crippen molar-refractivity contribution in [1.29, 1.82) is 0 Å². The minimum Gasteiger partial charge on any atom is -0.480 e. The summed E-state index contributed by atoms with van der Waals surface area (Å²) in [6.45, 7) is 0. The summed E-state index contributed by atoms with van der Waals surface area (Å²) in [5.74, 6) is 3.71. The molecule has 1 unspecified atom stereocenters. The van der Waals surface area contributed by atoms with E-state index < -0.39 is 12.0 Å². The lowest BCUT2D eigenvalue weighted by molar-refractivity contribution is -0.141. The maximum atomic E-state index is 11.4. The lowest BCUT2D eigenvalue weighted by Crippen LogP contribution is -2.28. The summed E-state index contributed by atoms with van der Waals surface area (Å²) in [6, 6.07) is -0.451. The van der Waals surface area contributed by atoms with Crippen LogP contribution in [0.3, 0.4) is 0 Å². The highest BCUT2D eigenvalue weighted by molar-refractivity contribution is 7.99. The van der Waals surface area contributed by atoms with Gasteiger partial charge in [0.15, 0.2) is 0 Å². The first-order valence-electron chi connectivity index (χ1n) is 6.51. The van der Waals surface area contributed by atoms with E-state index in [2.05, 4.69) is 10.2 Å². The third-order valence-electron chi connectivity index (χ3n) is 3.85. The van der Waals surface area contributed by atoms with Gasteiger partial charge in [-0.15, -0.1) is 10.2 Å². The van der Waals surface area contributed by atoms with Gasteiger partial charge < -0.3 is 9.67 Å². The number of aryl methyl sites for hydroxylation is 1. The van der Waals surface area contributed by atoms with E-state index in [9.17, 15) is 9.90 Å². The van der Waals surface area contributed by atoms with E-state index in [-0.39, 0.29) is 0 Å². The molecule has 0 amide bonds. The Bertz CT molecular complexity index is 454. The number of carboxylic acid groups (broad SMARTS) is 1. The van der Waals surface area contributed by atoms with Crippen molar-refractivity contribution in [3.05, 3.63) is 11.6 Å². The van der Waals surface area contributed by atoms with Gasteiger partial charge in [-0.1, -0.05) is 0 Å². The Balaban J connectivity index is 1.96. The largest absolute Gasteiger partial charge is 0.480 e. The van der Waals surface area contributed by atoms with Crippen molar-refractivity contribution in [2.45, 2.75) is 44.1 Å². The summed E-state index contributed by atoms with van der Waals surface area (Å²) in [6.07, 6.45) is 4.65. The molecule has 5 nitrogen and oxygen atoms in total. The Morgan fingerprint density at radius 2 is 2.06 bits per heavy atom. The van der Waals surface area contributed by atoms with Crippen LogP contribution in [-0.4, -0.2) is 37.3 Å². The Labute approximate surface area is 110 Å². The zero-order valence-electron chi connectivity index (χ0n) is 10.2. The second-order valence-corrected chi connectivity index (χ2v) is 6.20. The van der Waals surface area contributed by atoms with Gasteiger partial charge in [-0.05, 0) is 37.2 Å². The Hall–Kier alpha value is -1.04. The topological polar surface area (TPSA) is 68.0 Å². The molecular formula is C12H17N3O2S. The normalized spacial score (nSPS) is 24.8. The van der Waals surface area contributed by atoms with Crippen molar-refractivity contribution in [3.63, 3.8) is 0 Å². The number of nitrogens with zero attached hydrogens (tertiary/aromatic N) is 3. The molecule has 0 spiro atoms. The molecule has 1 atom stereocenters. The van der Waals surface area contributed by atoms with Crippen LogP contribution in [0.5, 0.6) is 0 Å². The molecule has 0 aliphatic carbocycles. The van der Waals surface area contributed by atoms with Gasteiger partial charge in [0.25, 0.3) is 0 Å². The summed E-state index contributed by atoms with van der Waals surface area (Å²) >= 11 is 1.97. The SMILES string of the molecule is O=C(O)C1CCCc2nnc(C3CCSCC3)n21. The first-order valence-corrected chi connectivity index (χ1v) is 7.67. The standard InChI is InChI=1S/C12H17N3O2S/c16-12(17)9-2-1-3-10-13-14-11(15(9)10)8-4-6-18-7-5-8/h8-9H,1-7H2,(H,16,17). The van der Waals surface area contributed by atoms with Crippen molar-refractivity contribution >= 4 is 17.7 Å². The average Bonchev–Trinajstić information content (AvgIpc) is 2.83. The summed E-state index contributed by atoms with van der Waals surface area (Å²) in [4.78, 5) is 11.4. The molecule has 1 N–H and O–H groups in total. The summed E-state index contributed by atoms with van der Waals surface area (Å²) in [5, 5.41) is 17.8. The van der Waals surface area contributed by atoms with E-state index in [1.807, 2.05) is 16.3 Å². The van der Waals surface area contributed by atoms with E-state index >= 15 is 0 Å². The highest BCUT2D eigenvalue weighted by Crippen LogP contribution is 2.34. The Kier molecular flexibility index (Phi) is 3.28. The van der Waals surface area contributed by atoms with Crippen LogP contribution in [-0.2, 0) is 11.2 Å². The van der Waals surface area contributed by atoms with Crippen molar-refractivity contribution in [1.82, 2.24) is 14.8 Å². The summed E-state index contributed by atoms with van der Waals surface area (Å²) in [5.41, 5.74) is 0. The van der Waals surface area contributed by atoms with E-state index in [4.69, 9.17) is 0 Å². The molecule has 0 aromatic carbocycles. The van der Waals surface area contributed by atoms with Crippen LogP contribution in [0, 0.1) is 0 Å². The van der Waals surface area contributed by atoms with Crippen molar-refractivity contribution in [2.24, 2.45) is 0 Å². The molecule has 1 aromatic rings. The second-order valence-electron chi connectivity index (χ2n) is 4.98. The number of hydrogen-bond donors (Lipinski definition) is 1. The number of rotatable bonds is 2. The maximum Gasteiger partial charge on any atom is 0.326 e.